The van der Waals surface area contributed by atoms with Crippen LogP contribution < -0.4 is 20.7 Å². The highest BCUT2D eigenvalue weighted by Crippen LogP contribution is 2.61. The summed E-state index contributed by atoms with van der Waals surface area (Å²) in [6.45, 7) is 40.0. The second-order valence-electron chi connectivity index (χ2n) is 25.2. The van der Waals surface area contributed by atoms with Gasteiger partial charge in [-0.1, -0.05) is 214 Å². The van der Waals surface area contributed by atoms with Gasteiger partial charge in [-0.15, -0.1) is 0 Å². The van der Waals surface area contributed by atoms with Gasteiger partial charge in [0.05, 0.1) is 0 Å². The van der Waals surface area contributed by atoms with Crippen molar-refractivity contribution < 1.29 is 0 Å². The van der Waals surface area contributed by atoms with Crippen LogP contribution in [0.1, 0.15) is 157 Å². The molecule has 0 aromatic heterocycles. The first kappa shape index (κ1) is 45.6. The lowest BCUT2D eigenvalue weighted by molar-refractivity contribution is 0.589. The molecule has 0 atom stereocenters. The number of fused-ring (bicyclic) bond motifs is 3. The van der Waals surface area contributed by atoms with Crippen LogP contribution in [0.3, 0.4) is 0 Å². The second-order valence-corrected chi connectivity index (χ2v) is 25.2. The lowest BCUT2D eigenvalue weighted by Gasteiger charge is -2.47. The van der Waals surface area contributed by atoms with Crippen LogP contribution in [0.2, 0.25) is 0 Å². The van der Waals surface area contributed by atoms with Gasteiger partial charge in [0.2, 0.25) is 6.71 Å². The smallest absolute Gasteiger partial charge is 0.248 e. The van der Waals surface area contributed by atoms with Crippen LogP contribution >= 0.6 is 0 Å². The molecule has 0 spiro atoms. The monoisotopic (exact) mass is 869 g/mol. The first-order valence-electron chi connectivity index (χ1n) is 24.5. The molecule has 0 fully saturated rings. The molecule has 2 heterocycles. The number of anilines is 5. The first-order valence-corrected chi connectivity index (χ1v) is 24.5. The van der Waals surface area contributed by atoms with Crippen LogP contribution in [0.15, 0.2) is 145 Å². The molecule has 0 saturated carbocycles. The average molecular weight is 869 g/mol. The summed E-state index contributed by atoms with van der Waals surface area (Å²) in [5, 5.41) is 0. The lowest BCUT2D eigenvalue weighted by Crippen LogP contribution is -2.58. The maximum Gasteiger partial charge on any atom is 0.248 e. The summed E-state index contributed by atoms with van der Waals surface area (Å²) < 4.78 is 0. The van der Waals surface area contributed by atoms with Crippen molar-refractivity contribution in [2.24, 2.45) is 5.41 Å². The van der Waals surface area contributed by atoms with Gasteiger partial charge in [0, 0.05) is 45.1 Å². The molecule has 0 N–H and O–H groups in total. The largest absolute Gasteiger partial charge is 0.311 e. The highest BCUT2D eigenvalue weighted by Gasteiger charge is 2.54. The predicted molar refractivity (Wildman–Crippen MR) is 289 cm³/mol. The third-order valence-electron chi connectivity index (χ3n) is 14.9. The van der Waals surface area contributed by atoms with E-state index in [1.54, 1.807) is 0 Å². The fourth-order valence-corrected chi connectivity index (χ4v) is 10.9. The molecule has 3 heteroatoms. The zero-order valence-corrected chi connectivity index (χ0v) is 43.2. The van der Waals surface area contributed by atoms with Crippen LogP contribution in [-0.4, -0.2) is 6.71 Å². The molecule has 338 valence electrons. The minimum Gasteiger partial charge on any atom is -0.311 e. The van der Waals surface area contributed by atoms with Gasteiger partial charge in [-0.05, 0) is 125 Å². The molecule has 2 nitrogen and oxygen atoms in total. The van der Waals surface area contributed by atoms with E-state index in [0.29, 0.717) is 0 Å². The normalized spacial score (nSPS) is 16.2. The Kier molecular flexibility index (Phi) is 10.5. The summed E-state index contributed by atoms with van der Waals surface area (Å²) in [6.07, 6.45) is 0. The number of nitrogens with zero attached hydrogens (tertiary/aromatic N) is 2. The van der Waals surface area contributed by atoms with Crippen LogP contribution in [-0.2, 0) is 27.1 Å². The van der Waals surface area contributed by atoms with Crippen molar-refractivity contribution in [1.82, 2.24) is 0 Å². The predicted octanol–water partition coefficient (Wildman–Crippen LogP) is 16.2. The fraction of sp³-hybridized carbons (Fsp3) is 0.365. The Morgan fingerprint density at radius 3 is 1.29 bits per heavy atom. The molecule has 9 rings (SSSR count). The molecule has 1 aliphatic carbocycles. The Bertz CT molecular complexity index is 2910. The third-order valence-corrected chi connectivity index (χ3v) is 14.9. The summed E-state index contributed by atoms with van der Waals surface area (Å²) in [5.74, 6) is 0. The molecule has 0 amide bonds. The highest BCUT2D eigenvalue weighted by molar-refractivity contribution is 6.96. The molecule has 66 heavy (non-hydrogen) atoms. The van der Waals surface area contributed by atoms with Crippen molar-refractivity contribution in [2.45, 2.75) is 145 Å². The van der Waals surface area contributed by atoms with Crippen LogP contribution in [0, 0.1) is 5.41 Å². The van der Waals surface area contributed by atoms with Gasteiger partial charge < -0.3 is 9.80 Å². The van der Waals surface area contributed by atoms with E-state index < -0.39 is 0 Å². The molecule has 6 aromatic rings. The Morgan fingerprint density at radius 2 is 0.818 bits per heavy atom. The van der Waals surface area contributed by atoms with Crippen molar-refractivity contribution in [3.05, 3.63) is 184 Å². The van der Waals surface area contributed by atoms with E-state index in [-0.39, 0.29) is 39.2 Å². The molecule has 6 aromatic carbocycles. The van der Waals surface area contributed by atoms with Crippen molar-refractivity contribution in [3.8, 4) is 0 Å². The van der Waals surface area contributed by atoms with Gasteiger partial charge in [0.15, 0.2) is 0 Å². The Hall–Kier alpha value is -5.54. The molecule has 0 radical (unpaired) electrons. The number of hydrogen-bond acceptors (Lipinski definition) is 2. The van der Waals surface area contributed by atoms with Crippen LogP contribution in [0.4, 0.5) is 28.4 Å². The molecule has 3 aliphatic rings. The minimum absolute atomic E-state index is 0.00780. The molecular formula is C63H73BN2. The number of hydrogen-bond donors (Lipinski definition) is 0. The number of rotatable bonds is 4. The summed E-state index contributed by atoms with van der Waals surface area (Å²) in [4.78, 5) is 5.29. The van der Waals surface area contributed by atoms with Gasteiger partial charge in [-0.25, -0.2) is 0 Å². The first-order chi connectivity index (χ1) is 30.7. The summed E-state index contributed by atoms with van der Waals surface area (Å²) >= 11 is 0. The Balaban J connectivity index is 1.46. The van der Waals surface area contributed by atoms with Gasteiger partial charge >= 0.3 is 0 Å². The van der Waals surface area contributed by atoms with E-state index in [2.05, 4.69) is 261 Å². The van der Waals surface area contributed by atoms with Crippen LogP contribution in [0.25, 0.3) is 11.1 Å². The standard InChI is InChI=1S/C63H73BN2/c1-58(2,3)42-25-23-40(24-26-42)53-54(41-21-19-18-20-22-41)63(16,17)57-56(53)66(48-34-29-44(30-35-48)60(7,8)9)52-39-46(62(13,14)15)38-51-55(52)64(57)49-37-45(61(10,11)12)31-36-50(49)65(51)47-32-27-43(28-33-47)59(4,5)6/h18-39H,1-17H3. The van der Waals surface area contributed by atoms with E-state index in [1.165, 1.54) is 101 Å². The van der Waals surface area contributed by atoms with Crippen LogP contribution in [0.5, 0.6) is 0 Å². The van der Waals surface area contributed by atoms with E-state index in [0.717, 1.165) is 0 Å². The summed E-state index contributed by atoms with van der Waals surface area (Å²) in [5.41, 5.74) is 23.2. The maximum atomic E-state index is 2.69. The fourth-order valence-electron chi connectivity index (χ4n) is 10.9. The highest BCUT2D eigenvalue weighted by atomic mass is 15.2. The quantitative estimate of drug-likeness (QED) is 0.163. The maximum absolute atomic E-state index is 2.69. The average Bonchev–Trinajstić information content (AvgIpc) is 3.48. The van der Waals surface area contributed by atoms with Gasteiger partial charge in [-0.3, -0.25) is 0 Å². The Morgan fingerprint density at radius 1 is 0.394 bits per heavy atom. The molecular weight excluding hydrogens is 796 g/mol. The van der Waals surface area contributed by atoms with E-state index in [1.807, 2.05) is 0 Å². The summed E-state index contributed by atoms with van der Waals surface area (Å²) in [6, 6.07) is 52.3. The number of benzene rings is 6. The second kappa shape index (κ2) is 15.2. The minimum atomic E-state index is -0.369. The van der Waals surface area contributed by atoms with Gasteiger partial charge in [0.1, 0.15) is 0 Å². The lowest BCUT2D eigenvalue weighted by atomic mass is 9.30. The SMILES string of the molecule is CC1(C)C2=C(C(c3ccc(C(C)(C)C)cc3)=C1c1ccccc1)N(c1ccc(C(C)(C)C)cc1)c1cc(C(C)(C)C)cc3c1B2c1cc(C(C)(C)C)ccc1N3c1ccc(C(C)(C)C)cc1. The summed E-state index contributed by atoms with van der Waals surface area (Å²) in [7, 11) is 0. The third kappa shape index (κ3) is 7.59. The topological polar surface area (TPSA) is 6.48 Å². The number of allylic oxidation sites excluding steroid dienone is 3. The molecule has 0 bridgehead atoms. The molecule has 0 unspecified atom stereocenters. The molecule has 0 saturated heterocycles. The van der Waals surface area contributed by atoms with E-state index >= 15 is 0 Å². The van der Waals surface area contributed by atoms with E-state index in [4.69, 9.17) is 0 Å². The van der Waals surface area contributed by atoms with Gasteiger partial charge in [0.25, 0.3) is 0 Å². The Labute approximate surface area is 399 Å². The zero-order chi connectivity index (χ0) is 47.7. The zero-order valence-electron chi connectivity index (χ0n) is 43.2. The van der Waals surface area contributed by atoms with E-state index in [9.17, 15) is 0 Å². The van der Waals surface area contributed by atoms with Crippen molar-refractivity contribution in [3.63, 3.8) is 0 Å². The van der Waals surface area contributed by atoms with Crippen molar-refractivity contribution in [2.75, 3.05) is 9.80 Å². The van der Waals surface area contributed by atoms with Crippen molar-refractivity contribution >= 4 is 57.2 Å². The van der Waals surface area contributed by atoms with Gasteiger partial charge in [-0.2, -0.15) is 0 Å². The van der Waals surface area contributed by atoms with Crippen molar-refractivity contribution in [1.29, 1.82) is 0 Å². The molecule has 2 aliphatic heterocycles.